The van der Waals surface area contributed by atoms with Crippen molar-refractivity contribution in [1.82, 2.24) is 4.90 Å². The molecule has 0 aromatic heterocycles. The van der Waals surface area contributed by atoms with Crippen molar-refractivity contribution in [1.29, 1.82) is 0 Å². The van der Waals surface area contributed by atoms with E-state index in [0.717, 1.165) is 5.56 Å². The van der Waals surface area contributed by atoms with E-state index in [1.165, 1.54) is 4.90 Å². The number of nitrogens with zero attached hydrogens (tertiary/aromatic N) is 1. The first-order valence-electron chi connectivity index (χ1n) is 10.5. The van der Waals surface area contributed by atoms with Gasteiger partial charge in [-0.2, -0.15) is 0 Å². The molecule has 158 valence electrons. The van der Waals surface area contributed by atoms with E-state index in [-0.39, 0.29) is 6.61 Å². The maximum Gasteiger partial charge on any atom is 0.410 e. The zero-order valence-corrected chi connectivity index (χ0v) is 17.2. The van der Waals surface area contributed by atoms with Crippen molar-refractivity contribution in [2.45, 2.75) is 31.1 Å². The lowest BCUT2D eigenvalue weighted by Crippen LogP contribution is -2.50. The Bertz CT molecular complexity index is 982. The SMILES string of the molecule is O=C(OCc1ccccc1)N1CCC[C@H]1C(=O)C(O)(c1ccccc1)c1ccccc1. The number of hydrogen-bond acceptors (Lipinski definition) is 4. The highest BCUT2D eigenvalue weighted by atomic mass is 16.6. The number of carbonyl (C=O) groups is 2. The summed E-state index contributed by atoms with van der Waals surface area (Å²) in [5.74, 6) is -0.418. The summed E-state index contributed by atoms with van der Waals surface area (Å²) in [4.78, 5) is 28.0. The molecule has 4 rings (SSSR count). The fourth-order valence-electron chi connectivity index (χ4n) is 4.11. The van der Waals surface area contributed by atoms with Gasteiger partial charge in [0, 0.05) is 6.54 Å². The molecule has 5 heteroatoms. The topological polar surface area (TPSA) is 66.8 Å². The minimum atomic E-state index is -1.85. The average molecular weight is 415 g/mol. The van der Waals surface area contributed by atoms with Crippen molar-refractivity contribution in [3.8, 4) is 0 Å². The molecule has 0 aliphatic carbocycles. The molecule has 1 fully saturated rings. The molecule has 31 heavy (non-hydrogen) atoms. The van der Waals surface area contributed by atoms with Gasteiger partial charge in [0.25, 0.3) is 0 Å². The lowest BCUT2D eigenvalue weighted by atomic mass is 9.79. The van der Waals surface area contributed by atoms with Gasteiger partial charge in [-0.3, -0.25) is 9.69 Å². The van der Waals surface area contributed by atoms with Crippen molar-refractivity contribution in [3.05, 3.63) is 108 Å². The standard InChI is InChI=1S/C26H25NO4/c28-24(26(30,21-13-6-2-7-14-21)22-15-8-3-9-16-22)23-17-10-18-27(23)25(29)31-19-20-11-4-1-5-12-20/h1-9,11-16,23,30H,10,17-19H2/t23-/m0/s1. The van der Waals surface area contributed by atoms with Gasteiger partial charge in [0.05, 0.1) is 6.04 Å². The van der Waals surface area contributed by atoms with Crippen LogP contribution in [0.3, 0.4) is 0 Å². The molecule has 0 radical (unpaired) electrons. The van der Waals surface area contributed by atoms with E-state index in [1.54, 1.807) is 48.5 Å². The van der Waals surface area contributed by atoms with E-state index in [1.807, 2.05) is 42.5 Å². The second-order valence-corrected chi connectivity index (χ2v) is 7.70. The van der Waals surface area contributed by atoms with Gasteiger partial charge in [0.15, 0.2) is 11.4 Å². The maximum absolute atomic E-state index is 13.8. The van der Waals surface area contributed by atoms with Crippen LogP contribution in [0.5, 0.6) is 0 Å². The number of hydrogen-bond donors (Lipinski definition) is 1. The second kappa shape index (κ2) is 9.14. The van der Waals surface area contributed by atoms with Gasteiger partial charge in [0.2, 0.25) is 0 Å². The summed E-state index contributed by atoms with van der Waals surface area (Å²) in [6, 6.07) is 26.4. The van der Waals surface area contributed by atoms with Crippen LogP contribution in [0.25, 0.3) is 0 Å². The lowest BCUT2D eigenvalue weighted by Gasteiger charge is -2.33. The van der Waals surface area contributed by atoms with Gasteiger partial charge in [-0.05, 0) is 29.5 Å². The van der Waals surface area contributed by atoms with Crippen LogP contribution in [-0.2, 0) is 21.7 Å². The number of benzene rings is 3. The van der Waals surface area contributed by atoms with Crippen molar-refractivity contribution in [2.75, 3.05) is 6.54 Å². The summed E-state index contributed by atoms with van der Waals surface area (Å²) in [6.45, 7) is 0.558. The number of carbonyl (C=O) groups excluding carboxylic acids is 2. The largest absolute Gasteiger partial charge is 0.445 e. The van der Waals surface area contributed by atoms with Crippen LogP contribution in [0.2, 0.25) is 0 Å². The summed E-state index contributed by atoms with van der Waals surface area (Å²) >= 11 is 0. The summed E-state index contributed by atoms with van der Waals surface area (Å²) in [6.07, 6.45) is 0.626. The van der Waals surface area contributed by atoms with Crippen molar-refractivity contribution in [2.24, 2.45) is 0 Å². The summed E-state index contributed by atoms with van der Waals surface area (Å²) in [7, 11) is 0. The van der Waals surface area contributed by atoms with E-state index in [0.29, 0.717) is 30.5 Å². The predicted molar refractivity (Wildman–Crippen MR) is 117 cm³/mol. The van der Waals surface area contributed by atoms with Gasteiger partial charge < -0.3 is 9.84 Å². The molecular weight excluding hydrogens is 390 g/mol. The number of likely N-dealkylation sites (tertiary alicyclic amines) is 1. The summed E-state index contributed by atoms with van der Waals surface area (Å²) in [5, 5.41) is 11.8. The van der Waals surface area contributed by atoms with E-state index < -0.39 is 23.5 Å². The van der Waals surface area contributed by atoms with Gasteiger partial charge in [0.1, 0.15) is 6.61 Å². The van der Waals surface area contributed by atoms with Gasteiger partial charge in [-0.25, -0.2) is 4.79 Å². The van der Waals surface area contributed by atoms with Crippen molar-refractivity contribution >= 4 is 11.9 Å². The van der Waals surface area contributed by atoms with E-state index in [4.69, 9.17) is 4.74 Å². The highest BCUT2D eigenvalue weighted by Gasteiger charge is 2.47. The van der Waals surface area contributed by atoms with E-state index in [2.05, 4.69) is 0 Å². The molecule has 1 aliphatic heterocycles. The van der Waals surface area contributed by atoms with Crippen LogP contribution in [0.15, 0.2) is 91.0 Å². The van der Waals surface area contributed by atoms with Crippen LogP contribution in [0, 0.1) is 0 Å². The Hall–Kier alpha value is -3.44. The monoisotopic (exact) mass is 415 g/mol. The number of rotatable bonds is 6. The zero-order chi connectivity index (χ0) is 21.7. The minimum absolute atomic E-state index is 0.138. The van der Waals surface area contributed by atoms with Crippen LogP contribution in [0.4, 0.5) is 4.79 Å². The molecule has 0 saturated carbocycles. The third-order valence-electron chi connectivity index (χ3n) is 5.73. The fourth-order valence-corrected chi connectivity index (χ4v) is 4.11. The highest BCUT2D eigenvalue weighted by Crippen LogP contribution is 2.35. The summed E-state index contributed by atoms with van der Waals surface area (Å²) < 4.78 is 5.47. The molecule has 1 aliphatic rings. The average Bonchev–Trinajstić information content (AvgIpc) is 3.33. The molecule has 3 aromatic rings. The number of amides is 1. The molecule has 1 amide bonds. The first-order valence-corrected chi connectivity index (χ1v) is 10.5. The van der Waals surface area contributed by atoms with Crippen LogP contribution in [0.1, 0.15) is 29.5 Å². The van der Waals surface area contributed by atoms with Crippen molar-refractivity contribution in [3.63, 3.8) is 0 Å². The normalized spacial score (nSPS) is 16.2. The van der Waals surface area contributed by atoms with Crippen LogP contribution in [-0.4, -0.2) is 34.5 Å². The zero-order valence-electron chi connectivity index (χ0n) is 17.2. The molecule has 5 nitrogen and oxygen atoms in total. The molecule has 0 unspecified atom stereocenters. The second-order valence-electron chi connectivity index (χ2n) is 7.70. The fraction of sp³-hybridized carbons (Fsp3) is 0.231. The Balaban J connectivity index is 1.60. The minimum Gasteiger partial charge on any atom is -0.445 e. The lowest BCUT2D eigenvalue weighted by molar-refractivity contribution is -0.138. The predicted octanol–water partition coefficient (Wildman–Crippen LogP) is 4.29. The van der Waals surface area contributed by atoms with E-state index >= 15 is 0 Å². The number of Topliss-reactive ketones (excluding diaryl/α,β-unsaturated/α-hetero) is 1. The Morgan fingerprint density at radius 2 is 1.39 bits per heavy atom. The molecule has 3 aromatic carbocycles. The molecule has 0 spiro atoms. The van der Waals surface area contributed by atoms with Crippen molar-refractivity contribution < 1.29 is 19.4 Å². The first kappa shape index (κ1) is 20.8. The maximum atomic E-state index is 13.8. The molecule has 0 bridgehead atoms. The quantitative estimate of drug-likeness (QED) is 0.652. The van der Waals surface area contributed by atoms with E-state index in [9.17, 15) is 14.7 Å². The van der Waals surface area contributed by atoms with Crippen LogP contribution < -0.4 is 0 Å². The Kier molecular flexibility index (Phi) is 6.14. The number of ether oxygens (including phenoxy) is 1. The molecule has 1 heterocycles. The molecular formula is C26H25NO4. The highest BCUT2D eigenvalue weighted by molar-refractivity contribution is 5.97. The third-order valence-corrected chi connectivity index (χ3v) is 5.73. The third kappa shape index (κ3) is 4.23. The Morgan fingerprint density at radius 3 is 1.94 bits per heavy atom. The molecule has 1 N–H and O–H groups in total. The Labute approximate surface area is 181 Å². The van der Waals surface area contributed by atoms with Gasteiger partial charge in [-0.15, -0.1) is 0 Å². The Morgan fingerprint density at radius 1 is 0.871 bits per heavy atom. The molecule has 1 atom stereocenters. The van der Waals surface area contributed by atoms with Crippen LogP contribution >= 0.6 is 0 Å². The summed E-state index contributed by atoms with van der Waals surface area (Å²) in [5.41, 5.74) is -0.00966. The van der Waals surface area contributed by atoms with Gasteiger partial charge >= 0.3 is 6.09 Å². The first-order chi connectivity index (χ1) is 15.1. The number of aliphatic hydroxyl groups is 1. The van der Waals surface area contributed by atoms with Gasteiger partial charge in [-0.1, -0.05) is 91.0 Å². The smallest absolute Gasteiger partial charge is 0.410 e. The molecule has 1 saturated heterocycles. The number of ketones is 1.